The fourth-order valence-corrected chi connectivity index (χ4v) is 4.04. The molecule has 0 aliphatic carbocycles. The lowest BCUT2D eigenvalue weighted by atomic mass is 10.2. The lowest BCUT2D eigenvalue weighted by Crippen LogP contribution is -2.35. The highest BCUT2D eigenvalue weighted by Crippen LogP contribution is 2.17. The van der Waals surface area contributed by atoms with Crippen LogP contribution in [0.15, 0.2) is 47.4 Å². The molecule has 3 rings (SSSR count). The van der Waals surface area contributed by atoms with Crippen molar-refractivity contribution < 1.29 is 13.2 Å². The third kappa shape index (κ3) is 5.05. The lowest BCUT2D eigenvalue weighted by Gasteiger charge is -2.10. The van der Waals surface area contributed by atoms with Gasteiger partial charge in [0, 0.05) is 18.8 Å². The average Bonchev–Trinajstić information content (AvgIpc) is 3.04. The first-order chi connectivity index (χ1) is 14.2. The minimum absolute atomic E-state index is 0.0245. The maximum Gasteiger partial charge on any atom is 0.271 e. The van der Waals surface area contributed by atoms with Crippen LogP contribution in [0.4, 0.5) is 0 Å². The van der Waals surface area contributed by atoms with E-state index >= 15 is 0 Å². The van der Waals surface area contributed by atoms with Gasteiger partial charge in [0.25, 0.3) is 5.91 Å². The van der Waals surface area contributed by atoms with E-state index in [2.05, 4.69) is 20.1 Å². The summed E-state index contributed by atoms with van der Waals surface area (Å²) in [6.07, 6.45) is 0. The molecular weight excluding hydrogens is 426 g/mol. The minimum atomic E-state index is -3.65. The van der Waals surface area contributed by atoms with E-state index in [0.29, 0.717) is 5.82 Å². The molecule has 10 heteroatoms. The number of nitrogens with zero attached hydrogens (tertiary/aromatic N) is 3. The number of carbonyl (C=O) groups excluding carboxylic acids is 1. The van der Waals surface area contributed by atoms with Crippen LogP contribution in [0, 0.1) is 20.8 Å². The Morgan fingerprint density at radius 2 is 1.77 bits per heavy atom. The Bertz CT molecular complexity index is 1170. The topological polar surface area (TPSA) is 106 Å². The minimum Gasteiger partial charge on any atom is -0.349 e. The number of carbonyl (C=O) groups is 1. The first-order valence-electron chi connectivity index (χ1n) is 9.22. The quantitative estimate of drug-likeness (QED) is 0.541. The molecule has 0 unspecified atom stereocenters. The van der Waals surface area contributed by atoms with Gasteiger partial charge in [-0.2, -0.15) is 5.10 Å². The van der Waals surface area contributed by atoms with Gasteiger partial charge in [0.15, 0.2) is 5.82 Å². The second-order valence-corrected chi connectivity index (χ2v) is 8.98. The van der Waals surface area contributed by atoms with Gasteiger partial charge in [-0.1, -0.05) is 29.3 Å². The summed E-state index contributed by atoms with van der Waals surface area (Å²) >= 11 is 6.14. The van der Waals surface area contributed by atoms with E-state index in [4.69, 9.17) is 11.6 Å². The number of aryl methyl sites for hydroxylation is 3. The van der Waals surface area contributed by atoms with Gasteiger partial charge < -0.3 is 5.32 Å². The molecule has 0 aliphatic heterocycles. The van der Waals surface area contributed by atoms with Gasteiger partial charge in [-0.25, -0.2) is 22.8 Å². The SMILES string of the molecule is Cc1ccc(S(=O)(=O)NCCNC(=O)c2nc(-n3nc(C)cc3C)ccc2Cl)cc1. The molecule has 0 spiro atoms. The Kier molecular flexibility index (Phi) is 6.55. The van der Waals surface area contributed by atoms with E-state index in [1.807, 2.05) is 26.8 Å². The summed E-state index contributed by atoms with van der Waals surface area (Å²) in [6.45, 7) is 5.73. The summed E-state index contributed by atoms with van der Waals surface area (Å²) in [5.41, 5.74) is 2.71. The first-order valence-corrected chi connectivity index (χ1v) is 11.1. The Balaban J connectivity index is 1.63. The lowest BCUT2D eigenvalue weighted by molar-refractivity contribution is 0.0949. The van der Waals surface area contributed by atoms with Gasteiger partial charge in [-0.3, -0.25) is 4.79 Å². The van der Waals surface area contributed by atoms with Crippen molar-refractivity contribution in [3.8, 4) is 5.82 Å². The van der Waals surface area contributed by atoms with Crippen LogP contribution < -0.4 is 10.0 Å². The summed E-state index contributed by atoms with van der Waals surface area (Å²) in [6, 6.07) is 11.7. The van der Waals surface area contributed by atoms with Crippen LogP contribution in [0.3, 0.4) is 0 Å². The molecule has 158 valence electrons. The highest BCUT2D eigenvalue weighted by molar-refractivity contribution is 7.89. The van der Waals surface area contributed by atoms with E-state index < -0.39 is 15.9 Å². The standard InChI is InChI=1S/C20H22ClN5O3S/c1-13-4-6-16(7-5-13)30(28,29)23-11-10-22-20(27)19-17(21)8-9-18(24-19)26-15(3)12-14(2)25-26/h4-9,12,23H,10-11H2,1-3H3,(H,22,27). The number of rotatable bonds is 7. The maximum atomic E-state index is 12.5. The van der Waals surface area contributed by atoms with Crippen molar-refractivity contribution >= 4 is 27.5 Å². The Hall–Kier alpha value is -2.75. The molecule has 0 fully saturated rings. The van der Waals surface area contributed by atoms with Crippen LogP contribution >= 0.6 is 11.6 Å². The smallest absolute Gasteiger partial charge is 0.271 e. The second kappa shape index (κ2) is 8.95. The van der Waals surface area contributed by atoms with Crippen LogP contribution in [0.1, 0.15) is 27.4 Å². The molecular formula is C20H22ClN5O3S. The van der Waals surface area contributed by atoms with Crippen molar-refractivity contribution in [3.63, 3.8) is 0 Å². The predicted molar refractivity (Wildman–Crippen MR) is 115 cm³/mol. The van der Waals surface area contributed by atoms with Crippen molar-refractivity contribution in [1.29, 1.82) is 0 Å². The van der Waals surface area contributed by atoms with Gasteiger partial charge in [-0.05, 0) is 51.1 Å². The Morgan fingerprint density at radius 3 is 2.40 bits per heavy atom. The normalized spacial score (nSPS) is 11.5. The Labute approximate surface area is 180 Å². The van der Waals surface area contributed by atoms with Gasteiger partial charge in [0.2, 0.25) is 10.0 Å². The van der Waals surface area contributed by atoms with Gasteiger partial charge in [0.05, 0.1) is 15.6 Å². The molecule has 2 N–H and O–H groups in total. The summed E-state index contributed by atoms with van der Waals surface area (Å²) in [7, 11) is -3.65. The van der Waals surface area contributed by atoms with Crippen molar-refractivity contribution in [2.45, 2.75) is 25.7 Å². The number of amides is 1. The first kappa shape index (κ1) is 21.9. The molecule has 30 heavy (non-hydrogen) atoms. The number of aromatic nitrogens is 3. The highest BCUT2D eigenvalue weighted by Gasteiger charge is 2.16. The molecule has 0 bridgehead atoms. The second-order valence-electron chi connectivity index (χ2n) is 6.81. The zero-order valence-corrected chi connectivity index (χ0v) is 18.4. The van der Waals surface area contributed by atoms with Crippen molar-refractivity contribution in [2.24, 2.45) is 0 Å². The molecule has 1 amide bonds. The monoisotopic (exact) mass is 447 g/mol. The molecule has 2 heterocycles. The van der Waals surface area contributed by atoms with Gasteiger partial charge in [-0.15, -0.1) is 0 Å². The summed E-state index contributed by atoms with van der Waals surface area (Å²) in [4.78, 5) is 17.0. The van der Waals surface area contributed by atoms with Crippen LogP contribution in [-0.4, -0.2) is 42.2 Å². The fraction of sp³-hybridized carbons (Fsp3) is 0.250. The molecule has 0 atom stereocenters. The van der Waals surface area contributed by atoms with Crippen LogP contribution in [-0.2, 0) is 10.0 Å². The molecule has 0 radical (unpaired) electrons. The number of hydrogen-bond donors (Lipinski definition) is 2. The number of nitrogens with one attached hydrogen (secondary N) is 2. The zero-order valence-electron chi connectivity index (χ0n) is 16.8. The van der Waals surface area contributed by atoms with E-state index in [9.17, 15) is 13.2 Å². The third-order valence-electron chi connectivity index (χ3n) is 4.31. The largest absolute Gasteiger partial charge is 0.349 e. The zero-order chi connectivity index (χ0) is 21.9. The molecule has 8 nitrogen and oxygen atoms in total. The number of halogens is 1. The van der Waals surface area contributed by atoms with E-state index in [-0.39, 0.29) is 28.7 Å². The van der Waals surface area contributed by atoms with Crippen LogP contribution in [0.25, 0.3) is 5.82 Å². The van der Waals surface area contributed by atoms with Crippen molar-refractivity contribution in [3.05, 3.63) is 70.1 Å². The Morgan fingerprint density at radius 1 is 1.07 bits per heavy atom. The number of hydrogen-bond acceptors (Lipinski definition) is 5. The van der Waals surface area contributed by atoms with E-state index in [1.54, 1.807) is 28.9 Å². The van der Waals surface area contributed by atoms with Gasteiger partial charge in [0.1, 0.15) is 5.69 Å². The van der Waals surface area contributed by atoms with Crippen molar-refractivity contribution in [2.75, 3.05) is 13.1 Å². The number of benzene rings is 1. The van der Waals surface area contributed by atoms with Crippen LogP contribution in [0.2, 0.25) is 5.02 Å². The maximum absolute atomic E-state index is 12.5. The predicted octanol–water partition coefficient (Wildman–Crippen LogP) is 2.55. The van der Waals surface area contributed by atoms with Crippen LogP contribution in [0.5, 0.6) is 0 Å². The van der Waals surface area contributed by atoms with E-state index in [1.165, 1.54) is 12.1 Å². The summed E-state index contributed by atoms with van der Waals surface area (Å²) in [5, 5.41) is 7.17. The van der Waals surface area contributed by atoms with Gasteiger partial charge >= 0.3 is 0 Å². The van der Waals surface area contributed by atoms with Crippen molar-refractivity contribution in [1.82, 2.24) is 24.8 Å². The fourth-order valence-electron chi connectivity index (χ4n) is 2.82. The number of pyridine rings is 1. The molecule has 3 aromatic rings. The summed E-state index contributed by atoms with van der Waals surface area (Å²) in [5.74, 6) is -0.0341. The number of sulfonamides is 1. The molecule has 0 saturated carbocycles. The molecule has 1 aromatic carbocycles. The molecule has 0 saturated heterocycles. The van der Waals surface area contributed by atoms with E-state index in [0.717, 1.165) is 17.0 Å². The molecule has 2 aromatic heterocycles. The summed E-state index contributed by atoms with van der Waals surface area (Å²) < 4.78 is 28.6. The average molecular weight is 448 g/mol. The highest BCUT2D eigenvalue weighted by atomic mass is 35.5. The molecule has 0 aliphatic rings. The third-order valence-corrected chi connectivity index (χ3v) is 6.09.